The van der Waals surface area contributed by atoms with Crippen molar-refractivity contribution in [3.8, 4) is 17.3 Å². The number of aromatic nitrogens is 2. The maximum atomic E-state index is 9.68. The Bertz CT molecular complexity index is 627. The summed E-state index contributed by atoms with van der Waals surface area (Å²) in [6, 6.07) is 6.96. The molecule has 2 rings (SSSR count). The molecule has 0 spiro atoms. The molecule has 0 aliphatic heterocycles. The third kappa shape index (κ3) is 3.03. The third-order valence-electron chi connectivity index (χ3n) is 3.31. The monoisotopic (exact) mass is 289 g/mol. The Kier molecular flexibility index (Phi) is 4.23. The van der Waals surface area contributed by atoms with E-state index in [1.165, 1.54) is 0 Å². The number of methoxy groups -OCH3 is 1. The second kappa shape index (κ2) is 5.77. The Morgan fingerprint density at radius 2 is 2.05 bits per heavy atom. The van der Waals surface area contributed by atoms with Crippen LogP contribution >= 0.6 is 0 Å². The molecule has 0 aliphatic rings. The molecule has 0 aliphatic carbocycles. The highest BCUT2D eigenvalue weighted by Gasteiger charge is 2.27. The number of ether oxygens (including phenoxy) is 1. The molecule has 0 radical (unpaired) electrons. The molecule has 2 aromatic rings. The summed E-state index contributed by atoms with van der Waals surface area (Å²) in [6.45, 7) is 6.87. The van der Waals surface area contributed by atoms with Crippen molar-refractivity contribution in [2.24, 2.45) is 5.73 Å². The first kappa shape index (κ1) is 15.4. The first-order chi connectivity index (χ1) is 9.88. The first-order valence-corrected chi connectivity index (χ1v) is 7.04. The fourth-order valence-electron chi connectivity index (χ4n) is 2.42. The summed E-state index contributed by atoms with van der Waals surface area (Å²) in [5.74, 6) is 0.874. The van der Waals surface area contributed by atoms with Crippen molar-refractivity contribution in [1.82, 2.24) is 9.78 Å². The number of phenols is 1. The van der Waals surface area contributed by atoms with E-state index in [1.54, 1.807) is 30.0 Å². The Labute approximate surface area is 125 Å². The van der Waals surface area contributed by atoms with Crippen LogP contribution in [0.3, 0.4) is 0 Å². The van der Waals surface area contributed by atoms with Gasteiger partial charge in [0.15, 0.2) is 0 Å². The maximum absolute atomic E-state index is 9.68. The minimum absolute atomic E-state index is 0.111. The predicted molar refractivity (Wildman–Crippen MR) is 83.2 cm³/mol. The van der Waals surface area contributed by atoms with E-state index in [4.69, 9.17) is 15.6 Å². The lowest BCUT2D eigenvalue weighted by Crippen LogP contribution is -2.16. The molecule has 114 valence electrons. The SMILES string of the molecule is COc1c(CCN)c(C(C)(C)C)nn1-c1cccc(O)c1. The summed E-state index contributed by atoms with van der Waals surface area (Å²) >= 11 is 0. The van der Waals surface area contributed by atoms with Crippen molar-refractivity contribution in [2.75, 3.05) is 13.7 Å². The largest absolute Gasteiger partial charge is 0.508 e. The fraction of sp³-hybridized carbons (Fsp3) is 0.438. The fourth-order valence-corrected chi connectivity index (χ4v) is 2.42. The molecule has 0 unspecified atom stereocenters. The number of hydrogen-bond acceptors (Lipinski definition) is 4. The van der Waals surface area contributed by atoms with Gasteiger partial charge >= 0.3 is 0 Å². The quantitative estimate of drug-likeness (QED) is 0.906. The van der Waals surface area contributed by atoms with Crippen LogP contribution in [0, 0.1) is 0 Å². The number of phenolic OH excluding ortho intramolecular Hbond substituents is 1. The number of nitrogens with two attached hydrogens (primary N) is 1. The van der Waals surface area contributed by atoms with Gasteiger partial charge in [0.1, 0.15) is 5.75 Å². The molecule has 0 bridgehead atoms. The summed E-state index contributed by atoms with van der Waals surface area (Å²) in [4.78, 5) is 0. The Balaban J connectivity index is 2.66. The Morgan fingerprint density at radius 1 is 1.33 bits per heavy atom. The van der Waals surface area contributed by atoms with Gasteiger partial charge in [0.05, 0.1) is 18.5 Å². The third-order valence-corrected chi connectivity index (χ3v) is 3.31. The van der Waals surface area contributed by atoms with E-state index in [9.17, 15) is 5.11 Å². The first-order valence-electron chi connectivity index (χ1n) is 7.04. The highest BCUT2D eigenvalue weighted by molar-refractivity contribution is 5.45. The van der Waals surface area contributed by atoms with Gasteiger partial charge in [-0.3, -0.25) is 0 Å². The Morgan fingerprint density at radius 3 is 2.57 bits per heavy atom. The molecule has 0 saturated carbocycles. The number of aromatic hydroxyl groups is 1. The molecule has 0 amide bonds. The van der Waals surface area contributed by atoms with Gasteiger partial charge < -0.3 is 15.6 Å². The van der Waals surface area contributed by atoms with Crippen LogP contribution in [0.2, 0.25) is 0 Å². The van der Waals surface area contributed by atoms with Crippen LogP contribution in [0.5, 0.6) is 11.6 Å². The number of hydrogen-bond donors (Lipinski definition) is 2. The number of rotatable bonds is 4. The zero-order valence-corrected chi connectivity index (χ0v) is 13.1. The van der Waals surface area contributed by atoms with Gasteiger partial charge in [0.2, 0.25) is 5.88 Å². The molecular formula is C16H23N3O2. The highest BCUT2D eigenvalue weighted by atomic mass is 16.5. The normalized spacial score (nSPS) is 11.7. The van der Waals surface area contributed by atoms with E-state index in [-0.39, 0.29) is 11.2 Å². The summed E-state index contributed by atoms with van der Waals surface area (Å²) in [7, 11) is 1.63. The molecular weight excluding hydrogens is 266 g/mol. The highest BCUT2D eigenvalue weighted by Crippen LogP contribution is 2.34. The molecule has 0 atom stereocenters. The van der Waals surface area contributed by atoms with Crippen molar-refractivity contribution < 1.29 is 9.84 Å². The molecule has 21 heavy (non-hydrogen) atoms. The molecule has 1 aromatic heterocycles. The van der Waals surface area contributed by atoms with E-state index in [0.717, 1.165) is 16.9 Å². The van der Waals surface area contributed by atoms with Crippen LogP contribution in [0.25, 0.3) is 5.69 Å². The van der Waals surface area contributed by atoms with E-state index >= 15 is 0 Å². The van der Waals surface area contributed by atoms with Crippen molar-refractivity contribution >= 4 is 0 Å². The van der Waals surface area contributed by atoms with Crippen LogP contribution in [-0.4, -0.2) is 28.5 Å². The van der Waals surface area contributed by atoms with Crippen LogP contribution in [0.15, 0.2) is 24.3 Å². The minimum Gasteiger partial charge on any atom is -0.508 e. The smallest absolute Gasteiger partial charge is 0.219 e. The van der Waals surface area contributed by atoms with Crippen LogP contribution in [0.4, 0.5) is 0 Å². The van der Waals surface area contributed by atoms with Gasteiger partial charge in [-0.1, -0.05) is 26.8 Å². The van der Waals surface area contributed by atoms with Gasteiger partial charge in [-0.05, 0) is 25.1 Å². The molecule has 0 fully saturated rings. The van der Waals surface area contributed by atoms with Crippen LogP contribution in [0.1, 0.15) is 32.0 Å². The van der Waals surface area contributed by atoms with Crippen LogP contribution in [-0.2, 0) is 11.8 Å². The average Bonchev–Trinajstić information content (AvgIpc) is 2.77. The van der Waals surface area contributed by atoms with Crippen molar-refractivity contribution in [2.45, 2.75) is 32.6 Å². The van der Waals surface area contributed by atoms with Gasteiger partial charge in [-0.25, -0.2) is 4.68 Å². The van der Waals surface area contributed by atoms with Gasteiger partial charge in [0.25, 0.3) is 0 Å². The topological polar surface area (TPSA) is 73.3 Å². The standard InChI is InChI=1S/C16H23N3O2/c1-16(2,3)14-13(8-9-17)15(21-4)19(18-14)11-6-5-7-12(20)10-11/h5-7,10,20H,8-9,17H2,1-4H3. The van der Waals surface area contributed by atoms with E-state index in [0.29, 0.717) is 18.8 Å². The number of nitrogens with zero attached hydrogens (tertiary/aromatic N) is 2. The molecule has 5 heteroatoms. The van der Waals surface area contributed by atoms with E-state index in [1.807, 2.05) is 6.07 Å². The molecule has 0 saturated heterocycles. The van der Waals surface area contributed by atoms with Crippen molar-refractivity contribution in [3.63, 3.8) is 0 Å². The van der Waals surface area contributed by atoms with Crippen LogP contribution < -0.4 is 10.5 Å². The lowest BCUT2D eigenvalue weighted by molar-refractivity contribution is 0.379. The van der Waals surface area contributed by atoms with Gasteiger partial charge in [-0.2, -0.15) is 5.10 Å². The number of benzene rings is 1. The van der Waals surface area contributed by atoms with E-state index in [2.05, 4.69) is 20.8 Å². The lowest BCUT2D eigenvalue weighted by Gasteiger charge is -2.17. The van der Waals surface area contributed by atoms with Crippen molar-refractivity contribution in [1.29, 1.82) is 0 Å². The zero-order valence-electron chi connectivity index (χ0n) is 13.1. The molecule has 1 aromatic carbocycles. The van der Waals surface area contributed by atoms with E-state index < -0.39 is 0 Å². The second-order valence-electron chi connectivity index (χ2n) is 6.06. The van der Waals surface area contributed by atoms with Gasteiger partial charge in [-0.15, -0.1) is 0 Å². The molecule has 1 heterocycles. The second-order valence-corrected chi connectivity index (χ2v) is 6.06. The summed E-state index contributed by atoms with van der Waals surface area (Å²) in [6.07, 6.45) is 0.703. The molecule has 3 N–H and O–H groups in total. The summed E-state index contributed by atoms with van der Waals surface area (Å²) < 4.78 is 7.29. The zero-order chi connectivity index (χ0) is 15.6. The predicted octanol–water partition coefficient (Wildman–Crippen LogP) is 2.39. The van der Waals surface area contributed by atoms with Crippen molar-refractivity contribution in [3.05, 3.63) is 35.5 Å². The Hall–Kier alpha value is -2.01. The average molecular weight is 289 g/mol. The molecule has 5 nitrogen and oxygen atoms in total. The minimum atomic E-state index is -0.111. The lowest BCUT2D eigenvalue weighted by atomic mass is 9.88. The summed E-state index contributed by atoms with van der Waals surface area (Å²) in [5.41, 5.74) is 8.38. The summed E-state index contributed by atoms with van der Waals surface area (Å²) in [5, 5.41) is 14.4. The maximum Gasteiger partial charge on any atom is 0.219 e. The van der Waals surface area contributed by atoms with Gasteiger partial charge in [0, 0.05) is 17.0 Å².